The SMILES string of the molecule is O=C(NC1CC1)c1ccc(/C(F)=C/C(c2cc(Br)cc(Br)c2)C(F)(F)F)cc1C(F)(F)F. The predicted molar refractivity (Wildman–Crippen MR) is 112 cm³/mol. The molecule has 1 aliphatic carbocycles. The van der Waals surface area contributed by atoms with Crippen molar-refractivity contribution in [2.24, 2.45) is 0 Å². The first kappa shape index (κ1) is 24.8. The molecule has 1 fully saturated rings. The number of carbonyl (C=O) groups is 1. The topological polar surface area (TPSA) is 29.1 Å². The molecule has 1 amide bonds. The first-order valence-corrected chi connectivity index (χ1v) is 10.8. The van der Waals surface area contributed by atoms with Crippen molar-refractivity contribution in [3.05, 3.63) is 73.7 Å². The summed E-state index contributed by atoms with van der Waals surface area (Å²) in [7, 11) is 0. The Morgan fingerprint density at radius 2 is 1.59 bits per heavy atom. The molecule has 1 unspecified atom stereocenters. The van der Waals surface area contributed by atoms with Crippen molar-refractivity contribution in [3.63, 3.8) is 0 Å². The number of hydrogen-bond acceptors (Lipinski definition) is 1. The summed E-state index contributed by atoms with van der Waals surface area (Å²) in [6.07, 6.45) is -8.41. The zero-order chi connectivity index (χ0) is 23.8. The van der Waals surface area contributed by atoms with E-state index in [0.717, 1.165) is 24.3 Å². The number of benzene rings is 2. The summed E-state index contributed by atoms with van der Waals surface area (Å²) in [5, 5.41) is 2.41. The normalized spacial score (nSPS) is 16.1. The molecule has 2 nitrogen and oxygen atoms in total. The summed E-state index contributed by atoms with van der Waals surface area (Å²) in [4.78, 5) is 12.1. The third kappa shape index (κ3) is 6.12. The standard InChI is InChI=1S/C21H14Br2F7NO/c22-12-5-11(6-13(23)8-12)16(20(25,26)27)9-18(24)10-1-4-15(17(7-10)21(28,29)30)19(32)31-14-2-3-14/h1,4-9,14,16H,2-3H2,(H,31,32)/b18-9-. The van der Waals surface area contributed by atoms with Gasteiger partial charge in [0.15, 0.2) is 0 Å². The summed E-state index contributed by atoms with van der Waals surface area (Å²) in [5.74, 6) is -4.88. The molecule has 0 saturated heterocycles. The number of amides is 1. The number of hydrogen-bond donors (Lipinski definition) is 1. The molecular formula is C21H14Br2F7NO. The lowest BCUT2D eigenvalue weighted by Gasteiger charge is -2.19. The second-order valence-electron chi connectivity index (χ2n) is 7.24. The van der Waals surface area contributed by atoms with Crippen molar-refractivity contribution in [1.82, 2.24) is 5.32 Å². The molecule has 0 spiro atoms. The molecule has 2 aromatic carbocycles. The highest BCUT2D eigenvalue weighted by molar-refractivity contribution is 9.11. The van der Waals surface area contributed by atoms with Gasteiger partial charge in [0.2, 0.25) is 0 Å². The first-order chi connectivity index (χ1) is 14.8. The first-order valence-electron chi connectivity index (χ1n) is 9.18. The number of allylic oxidation sites excluding steroid dienone is 1. The van der Waals surface area contributed by atoms with Crippen LogP contribution >= 0.6 is 31.9 Å². The van der Waals surface area contributed by atoms with Crippen LogP contribution in [0.25, 0.3) is 5.83 Å². The Kier molecular flexibility index (Phi) is 7.09. The molecule has 0 bridgehead atoms. The smallest absolute Gasteiger partial charge is 0.349 e. The Bertz CT molecular complexity index is 1040. The van der Waals surface area contributed by atoms with Crippen molar-refractivity contribution < 1.29 is 35.5 Å². The zero-order valence-corrected chi connectivity index (χ0v) is 19.1. The minimum absolute atomic E-state index is 0.211. The van der Waals surface area contributed by atoms with E-state index < -0.39 is 46.7 Å². The molecule has 0 aliphatic heterocycles. The van der Waals surface area contributed by atoms with E-state index in [-0.39, 0.29) is 17.7 Å². The Balaban J connectivity index is 2.03. The summed E-state index contributed by atoms with van der Waals surface area (Å²) in [6.45, 7) is 0. The van der Waals surface area contributed by atoms with Gasteiger partial charge in [-0.05, 0) is 54.8 Å². The Morgan fingerprint density at radius 3 is 2.09 bits per heavy atom. The van der Waals surface area contributed by atoms with Crippen molar-refractivity contribution in [1.29, 1.82) is 0 Å². The average Bonchev–Trinajstić information content (AvgIpc) is 3.46. The lowest BCUT2D eigenvalue weighted by molar-refractivity contribution is -0.140. The van der Waals surface area contributed by atoms with Gasteiger partial charge in [-0.15, -0.1) is 0 Å². The molecule has 1 aliphatic rings. The van der Waals surface area contributed by atoms with Crippen LogP contribution in [0.1, 0.15) is 45.8 Å². The van der Waals surface area contributed by atoms with Crippen LogP contribution in [-0.2, 0) is 6.18 Å². The van der Waals surface area contributed by atoms with Crippen LogP contribution in [0.2, 0.25) is 0 Å². The molecule has 172 valence electrons. The van der Waals surface area contributed by atoms with Gasteiger partial charge in [-0.1, -0.05) is 37.9 Å². The van der Waals surface area contributed by atoms with Gasteiger partial charge in [-0.2, -0.15) is 26.3 Å². The molecule has 1 atom stereocenters. The van der Waals surface area contributed by atoms with Crippen LogP contribution in [0.5, 0.6) is 0 Å². The van der Waals surface area contributed by atoms with Gasteiger partial charge in [0.25, 0.3) is 5.91 Å². The minimum Gasteiger partial charge on any atom is -0.349 e. The quantitative estimate of drug-likeness (QED) is 0.355. The van der Waals surface area contributed by atoms with E-state index in [9.17, 15) is 35.5 Å². The van der Waals surface area contributed by atoms with Crippen LogP contribution in [0.3, 0.4) is 0 Å². The molecule has 11 heteroatoms. The number of alkyl halides is 6. The lowest BCUT2D eigenvalue weighted by Crippen LogP contribution is -2.28. The number of carbonyl (C=O) groups excluding carboxylic acids is 1. The largest absolute Gasteiger partial charge is 0.417 e. The van der Waals surface area contributed by atoms with Crippen molar-refractivity contribution >= 4 is 43.6 Å². The third-order valence-corrected chi connectivity index (χ3v) is 5.58. The van der Waals surface area contributed by atoms with Crippen molar-refractivity contribution in [2.45, 2.75) is 37.2 Å². The number of nitrogens with one attached hydrogen (secondary N) is 1. The fourth-order valence-electron chi connectivity index (χ4n) is 2.99. The van der Waals surface area contributed by atoms with Gasteiger partial charge >= 0.3 is 12.4 Å². The van der Waals surface area contributed by atoms with E-state index in [2.05, 4.69) is 37.2 Å². The van der Waals surface area contributed by atoms with Gasteiger partial charge in [0, 0.05) is 20.6 Å². The summed E-state index contributed by atoms with van der Waals surface area (Å²) < 4.78 is 96.8. The second-order valence-corrected chi connectivity index (χ2v) is 9.07. The molecular weight excluding hydrogens is 575 g/mol. The molecule has 32 heavy (non-hydrogen) atoms. The van der Waals surface area contributed by atoms with Crippen LogP contribution in [0.4, 0.5) is 30.7 Å². The fraction of sp³-hybridized carbons (Fsp3) is 0.286. The molecule has 3 rings (SSSR count). The molecule has 2 aromatic rings. The maximum absolute atomic E-state index is 14.8. The average molecular weight is 589 g/mol. The molecule has 0 heterocycles. The van der Waals surface area contributed by atoms with Gasteiger partial charge in [0.1, 0.15) is 11.7 Å². The van der Waals surface area contributed by atoms with E-state index in [1.165, 1.54) is 6.07 Å². The highest BCUT2D eigenvalue weighted by Crippen LogP contribution is 2.41. The maximum Gasteiger partial charge on any atom is 0.417 e. The van der Waals surface area contributed by atoms with Gasteiger partial charge < -0.3 is 5.32 Å². The van der Waals surface area contributed by atoms with Gasteiger partial charge in [0.05, 0.1) is 11.1 Å². The Morgan fingerprint density at radius 1 is 1.00 bits per heavy atom. The molecule has 0 aromatic heterocycles. The minimum atomic E-state index is -5.01. The van der Waals surface area contributed by atoms with E-state index >= 15 is 0 Å². The highest BCUT2D eigenvalue weighted by atomic mass is 79.9. The summed E-state index contributed by atoms with van der Waals surface area (Å²) >= 11 is 6.12. The van der Waals surface area contributed by atoms with Crippen LogP contribution < -0.4 is 5.32 Å². The van der Waals surface area contributed by atoms with E-state index in [0.29, 0.717) is 27.9 Å². The van der Waals surface area contributed by atoms with Gasteiger partial charge in [-0.25, -0.2) is 4.39 Å². The second kappa shape index (κ2) is 9.17. The third-order valence-electron chi connectivity index (χ3n) is 4.67. The van der Waals surface area contributed by atoms with E-state index in [1.807, 2.05) is 0 Å². The van der Waals surface area contributed by atoms with E-state index in [4.69, 9.17) is 0 Å². The van der Waals surface area contributed by atoms with Crippen molar-refractivity contribution in [3.8, 4) is 0 Å². The van der Waals surface area contributed by atoms with Crippen LogP contribution in [-0.4, -0.2) is 18.1 Å². The lowest BCUT2D eigenvalue weighted by atomic mass is 9.95. The fourth-order valence-corrected chi connectivity index (χ4v) is 4.32. The van der Waals surface area contributed by atoms with Crippen LogP contribution in [0.15, 0.2) is 51.4 Å². The Hall–Kier alpha value is -1.88. The Labute approximate surface area is 195 Å². The molecule has 1 saturated carbocycles. The monoisotopic (exact) mass is 587 g/mol. The van der Waals surface area contributed by atoms with Crippen molar-refractivity contribution in [2.75, 3.05) is 0 Å². The highest BCUT2D eigenvalue weighted by Gasteiger charge is 2.41. The zero-order valence-electron chi connectivity index (χ0n) is 15.9. The molecule has 1 N–H and O–H groups in total. The van der Waals surface area contributed by atoms with E-state index in [1.54, 1.807) is 0 Å². The predicted octanol–water partition coefficient (Wildman–Crippen LogP) is 7.78. The summed E-state index contributed by atoms with van der Waals surface area (Å²) in [6, 6.07) is 5.51. The summed E-state index contributed by atoms with van der Waals surface area (Å²) in [5.41, 5.74) is -3.18. The van der Waals surface area contributed by atoms with Gasteiger partial charge in [-0.3, -0.25) is 4.79 Å². The number of rotatable bonds is 5. The maximum atomic E-state index is 14.8. The van der Waals surface area contributed by atoms with Crippen LogP contribution in [0, 0.1) is 0 Å². The molecule has 0 radical (unpaired) electrons. The number of halogens is 9.